The van der Waals surface area contributed by atoms with Crippen molar-refractivity contribution >= 4 is 52.9 Å². The lowest BCUT2D eigenvalue weighted by atomic mass is 9.83. The van der Waals surface area contributed by atoms with Crippen molar-refractivity contribution in [2.45, 2.75) is 139 Å². The third-order valence-corrected chi connectivity index (χ3v) is 12.7. The second-order valence-electron chi connectivity index (χ2n) is 16.3. The summed E-state index contributed by atoms with van der Waals surface area (Å²) in [7, 11) is 6.10. The molecule has 56 heavy (non-hydrogen) atoms. The number of thioether (sulfide) groups is 1. The number of carbonyl (C=O) groups excluding carboxylic acids is 4. The van der Waals surface area contributed by atoms with Gasteiger partial charge in [-0.1, -0.05) is 76.1 Å². The molecule has 8 atom stereocenters. The van der Waals surface area contributed by atoms with Gasteiger partial charge in [-0.25, -0.2) is 9.59 Å². The van der Waals surface area contributed by atoms with Gasteiger partial charge in [0.25, 0.3) is 0 Å². The largest absolute Gasteiger partial charge is 0.495 e. The van der Waals surface area contributed by atoms with Gasteiger partial charge in [0.1, 0.15) is 40.7 Å². The number of likely N-dealkylation sites (N-methyl/N-ethyl adjacent to an activating group) is 1. The van der Waals surface area contributed by atoms with Gasteiger partial charge in [-0.2, -0.15) is 11.8 Å². The number of esters is 1. The number of anilines is 1. The van der Waals surface area contributed by atoms with Crippen molar-refractivity contribution in [2.24, 2.45) is 5.92 Å². The SMILES string of the molecule is COc1ccc2c(c1Cl)N(C)C(=O)C[C@H](OC(=O)[C@@H](C)N(C)C(=O)CCC(C)(C)SC(C)C)[C@]1(C)OC1[C@@H](C)C1C[C@@](O)(NC(=O)O1)[C@H](OC)/C=C/C=C(\C)C2. The lowest BCUT2D eigenvalue weighted by Gasteiger charge is -2.42. The Hall–Kier alpha value is -3.30. The number of rotatable bonds is 10. The van der Waals surface area contributed by atoms with Crippen LogP contribution in [-0.2, 0) is 39.8 Å². The van der Waals surface area contributed by atoms with Crippen molar-refractivity contribution in [2.75, 3.05) is 33.2 Å². The van der Waals surface area contributed by atoms with Crippen LogP contribution in [0.2, 0.25) is 5.02 Å². The Morgan fingerprint density at radius 1 is 1.21 bits per heavy atom. The minimum absolute atomic E-state index is 0.0440. The van der Waals surface area contributed by atoms with Gasteiger partial charge in [0.2, 0.25) is 11.8 Å². The number of nitrogens with zero attached hydrogens (tertiary/aromatic N) is 2. The molecule has 312 valence electrons. The van der Waals surface area contributed by atoms with E-state index in [2.05, 4.69) is 33.0 Å². The number of carbonyl (C=O) groups is 4. The van der Waals surface area contributed by atoms with E-state index in [9.17, 15) is 24.3 Å². The van der Waals surface area contributed by atoms with Crippen LogP contribution in [0.15, 0.2) is 35.9 Å². The van der Waals surface area contributed by atoms with E-state index in [1.54, 1.807) is 57.9 Å². The van der Waals surface area contributed by atoms with Crippen LogP contribution in [0.3, 0.4) is 0 Å². The number of amides is 3. The molecule has 3 amide bonds. The molecule has 1 aromatic carbocycles. The van der Waals surface area contributed by atoms with Crippen molar-refractivity contribution in [3.8, 4) is 5.75 Å². The highest BCUT2D eigenvalue weighted by Crippen LogP contribution is 2.49. The van der Waals surface area contributed by atoms with Crippen molar-refractivity contribution in [3.63, 3.8) is 0 Å². The lowest BCUT2D eigenvalue weighted by Crippen LogP contribution is -2.63. The Kier molecular flexibility index (Phi) is 14.7. The molecule has 13 nitrogen and oxygen atoms in total. The Labute approximate surface area is 340 Å². The summed E-state index contributed by atoms with van der Waals surface area (Å²) in [6, 6.07) is 2.59. The molecule has 0 aromatic heterocycles. The molecule has 0 spiro atoms. The van der Waals surface area contributed by atoms with Gasteiger partial charge >= 0.3 is 12.1 Å². The molecule has 0 radical (unpaired) electrons. The smallest absolute Gasteiger partial charge is 0.409 e. The van der Waals surface area contributed by atoms with Gasteiger partial charge in [-0.05, 0) is 50.5 Å². The van der Waals surface area contributed by atoms with E-state index < -0.39 is 65.7 Å². The van der Waals surface area contributed by atoms with Gasteiger partial charge in [0.15, 0.2) is 5.72 Å². The second kappa shape index (κ2) is 18.1. The van der Waals surface area contributed by atoms with Gasteiger partial charge in [0, 0.05) is 44.7 Å². The molecular weight excluding hydrogens is 762 g/mol. The number of hydrogen-bond donors (Lipinski definition) is 2. The second-order valence-corrected chi connectivity index (χ2v) is 19.0. The summed E-state index contributed by atoms with van der Waals surface area (Å²) in [6.45, 7) is 15.5. The molecule has 2 saturated heterocycles. The van der Waals surface area contributed by atoms with Gasteiger partial charge in [0.05, 0.1) is 25.3 Å². The van der Waals surface area contributed by atoms with Crippen molar-refractivity contribution in [1.29, 1.82) is 0 Å². The number of halogens is 1. The van der Waals surface area contributed by atoms with E-state index in [4.69, 9.17) is 35.3 Å². The van der Waals surface area contributed by atoms with Crippen molar-refractivity contribution in [1.82, 2.24) is 10.2 Å². The van der Waals surface area contributed by atoms with Gasteiger partial charge in [-0.3, -0.25) is 14.9 Å². The maximum absolute atomic E-state index is 14.3. The predicted molar refractivity (Wildman–Crippen MR) is 217 cm³/mol. The minimum Gasteiger partial charge on any atom is -0.495 e. The number of epoxide rings is 1. The maximum atomic E-state index is 14.3. The molecule has 2 bridgehead atoms. The molecule has 0 saturated carbocycles. The zero-order valence-corrected chi connectivity index (χ0v) is 36.3. The Morgan fingerprint density at radius 3 is 2.52 bits per heavy atom. The molecule has 2 unspecified atom stereocenters. The number of benzene rings is 1. The zero-order chi connectivity index (χ0) is 41.9. The standard InChI is InChI=1S/C41H60ClN3O10S/c1-23(2)56-39(6,7)19-18-32(46)44(9)26(5)37(48)54-31-21-33(47)45(10)35-27(16-17-28(51-11)34(35)42)20-24(3)14-13-15-30(52-12)41(50)22-29(53-38(49)43-41)25(4)36-40(31,8)55-36/h13-17,23,25-26,29-31,36,50H,18-22H2,1-12H3,(H,43,49)/b15-13+,24-14+/t25-,26+,29?,30+,31-,36?,40-,41-/m0/s1. The number of ether oxygens (including phenoxy) is 5. The highest BCUT2D eigenvalue weighted by atomic mass is 35.5. The first-order chi connectivity index (χ1) is 26.1. The van der Waals surface area contributed by atoms with Crippen LogP contribution in [0.5, 0.6) is 5.75 Å². The summed E-state index contributed by atoms with van der Waals surface area (Å²) in [5.41, 5.74) is -0.993. The molecule has 2 N–H and O–H groups in total. The Morgan fingerprint density at radius 2 is 1.89 bits per heavy atom. The van der Waals surface area contributed by atoms with Crippen LogP contribution in [-0.4, -0.2) is 114 Å². The van der Waals surface area contributed by atoms with Gasteiger partial charge < -0.3 is 38.6 Å². The molecule has 4 rings (SSSR count). The number of fused-ring (bicyclic) bond motifs is 4. The highest BCUT2D eigenvalue weighted by molar-refractivity contribution is 8.01. The first-order valence-electron chi connectivity index (χ1n) is 19.1. The average molecular weight is 822 g/mol. The molecule has 0 aliphatic carbocycles. The monoisotopic (exact) mass is 821 g/mol. The Bertz CT molecular complexity index is 1700. The number of aliphatic hydroxyl groups is 1. The lowest BCUT2D eigenvalue weighted by molar-refractivity contribution is -0.162. The van der Waals surface area contributed by atoms with E-state index >= 15 is 0 Å². The summed E-state index contributed by atoms with van der Waals surface area (Å²) in [4.78, 5) is 57.3. The molecule has 3 aliphatic heterocycles. The summed E-state index contributed by atoms with van der Waals surface area (Å²) in [6.07, 6.45) is 1.74. The van der Waals surface area contributed by atoms with Gasteiger partial charge in [-0.15, -0.1) is 0 Å². The summed E-state index contributed by atoms with van der Waals surface area (Å²) in [5, 5.41) is 14.9. The van der Waals surface area contributed by atoms with E-state index in [-0.39, 0.29) is 34.9 Å². The highest BCUT2D eigenvalue weighted by Gasteiger charge is 2.64. The predicted octanol–water partition coefficient (Wildman–Crippen LogP) is 6.21. The maximum Gasteiger partial charge on any atom is 0.409 e. The molecule has 2 fully saturated rings. The number of nitrogens with one attached hydrogen (secondary N) is 1. The summed E-state index contributed by atoms with van der Waals surface area (Å²) < 4.78 is 29.2. The topological polar surface area (TPSA) is 156 Å². The minimum atomic E-state index is -1.82. The normalized spacial score (nSPS) is 30.6. The molecule has 1 aromatic rings. The van der Waals surface area contributed by atoms with E-state index in [0.717, 1.165) is 11.1 Å². The average Bonchev–Trinajstić information content (AvgIpc) is 3.81. The van der Waals surface area contributed by atoms with E-state index in [1.165, 1.54) is 24.0 Å². The molecule has 3 aliphatic rings. The fourth-order valence-electron chi connectivity index (χ4n) is 7.58. The van der Waals surface area contributed by atoms with Crippen LogP contribution in [0.25, 0.3) is 0 Å². The van der Waals surface area contributed by atoms with Crippen LogP contribution >= 0.6 is 23.4 Å². The van der Waals surface area contributed by atoms with Crippen molar-refractivity contribution < 1.29 is 48.0 Å². The Balaban J connectivity index is 1.72. The number of alkyl carbamates (subject to hydrolysis) is 1. The van der Waals surface area contributed by atoms with E-state index in [1.807, 2.05) is 26.0 Å². The van der Waals surface area contributed by atoms with Crippen LogP contribution in [0.4, 0.5) is 10.5 Å². The fraction of sp³-hybridized carbons (Fsp3) is 0.659. The quantitative estimate of drug-likeness (QED) is 0.204. The molecule has 15 heteroatoms. The first-order valence-corrected chi connectivity index (χ1v) is 20.3. The number of methoxy groups -OCH3 is 2. The van der Waals surface area contributed by atoms with Crippen LogP contribution in [0.1, 0.15) is 86.6 Å². The first kappa shape index (κ1) is 45.4. The molecule has 3 heterocycles. The third-order valence-electron chi connectivity index (χ3n) is 11.1. The zero-order valence-electron chi connectivity index (χ0n) is 34.8. The third kappa shape index (κ3) is 10.4. The van der Waals surface area contributed by atoms with Crippen LogP contribution < -0.4 is 15.0 Å². The number of hydrogen-bond acceptors (Lipinski definition) is 11. The van der Waals surface area contributed by atoms with Crippen LogP contribution in [0, 0.1) is 5.92 Å². The van der Waals surface area contributed by atoms with E-state index in [0.29, 0.717) is 29.5 Å². The fourth-order valence-corrected chi connectivity index (χ4v) is 9.47. The summed E-state index contributed by atoms with van der Waals surface area (Å²) in [5.74, 6) is -1.48. The number of allylic oxidation sites excluding steroid dienone is 3. The van der Waals surface area contributed by atoms with Crippen molar-refractivity contribution in [3.05, 3.63) is 46.5 Å². The summed E-state index contributed by atoms with van der Waals surface area (Å²) >= 11 is 8.68. The molecular formula is C41H60ClN3O10S.